The first-order valence-corrected chi connectivity index (χ1v) is 8.52. The minimum atomic E-state index is 0.0349. The normalized spacial score (nSPS) is 14.8. The van der Waals surface area contributed by atoms with Crippen molar-refractivity contribution >= 4 is 29.3 Å². The summed E-state index contributed by atoms with van der Waals surface area (Å²) in [4.78, 5) is 14.8. The summed E-state index contributed by atoms with van der Waals surface area (Å²) in [7, 11) is 0. The Hall–Kier alpha value is -2.84. The minimum Gasteiger partial charge on any atom is -0.303 e. The fourth-order valence-corrected chi connectivity index (χ4v) is 3.21. The zero-order valence-corrected chi connectivity index (χ0v) is 14.3. The first kappa shape index (κ1) is 15.7. The number of hydrogen-bond donors (Lipinski definition) is 0. The molecule has 1 heterocycles. The zero-order valence-electron chi connectivity index (χ0n) is 13.5. The summed E-state index contributed by atoms with van der Waals surface area (Å²) in [5.74, 6) is 0.0349. The van der Waals surface area contributed by atoms with Crippen LogP contribution in [0, 0.1) is 0 Å². The third-order valence-electron chi connectivity index (χ3n) is 4.33. The lowest BCUT2D eigenvalue weighted by atomic mass is 10.1. The van der Waals surface area contributed by atoms with Gasteiger partial charge in [0.25, 0.3) is 5.91 Å². The largest absolute Gasteiger partial charge is 0.303 e. The Balaban J connectivity index is 1.77. The van der Waals surface area contributed by atoms with Crippen molar-refractivity contribution in [3.05, 3.63) is 106 Å². The fourth-order valence-electron chi connectivity index (χ4n) is 3.09. The molecule has 3 aromatic carbocycles. The van der Waals surface area contributed by atoms with E-state index in [-0.39, 0.29) is 5.91 Å². The summed E-state index contributed by atoms with van der Waals surface area (Å²) in [6, 6.07) is 25.5. The van der Waals surface area contributed by atoms with Gasteiger partial charge in [0.05, 0.1) is 12.2 Å². The molecule has 0 aromatic heterocycles. The zero-order chi connectivity index (χ0) is 17.2. The van der Waals surface area contributed by atoms with Gasteiger partial charge in [0.2, 0.25) is 0 Å². The van der Waals surface area contributed by atoms with Gasteiger partial charge in [-0.2, -0.15) is 0 Å². The van der Waals surface area contributed by atoms with Crippen LogP contribution in [0.5, 0.6) is 0 Å². The van der Waals surface area contributed by atoms with Gasteiger partial charge in [-0.1, -0.05) is 72.3 Å². The average Bonchev–Trinajstić information content (AvgIpc) is 2.91. The van der Waals surface area contributed by atoms with Crippen molar-refractivity contribution in [3.8, 4) is 0 Å². The molecule has 0 bridgehead atoms. The van der Waals surface area contributed by atoms with Gasteiger partial charge in [-0.15, -0.1) is 0 Å². The molecule has 0 saturated carbocycles. The highest BCUT2D eigenvalue weighted by molar-refractivity contribution is 6.30. The number of fused-ring (bicyclic) bond motifs is 1. The van der Waals surface area contributed by atoms with E-state index in [9.17, 15) is 4.79 Å². The summed E-state index contributed by atoms with van der Waals surface area (Å²) < 4.78 is 0. The van der Waals surface area contributed by atoms with Gasteiger partial charge in [-0.25, -0.2) is 0 Å². The van der Waals surface area contributed by atoms with E-state index in [0.29, 0.717) is 11.6 Å². The molecule has 0 fully saturated rings. The molecule has 2 nitrogen and oxygen atoms in total. The van der Waals surface area contributed by atoms with E-state index in [4.69, 9.17) is 11.6 Å². The minimum absolute atomic E-state index is 0.0349. The molecule has 0 saturated heterocycles. The van der Waals surface area contributed by atoms with E-state index < -0.39 is 0 Å². The maximum atomic E-state index is 12.9. The second-order valence-corrected chi connectivity index (χ2v) is 6.44. The lowest BCUT2D eigenvalue weighted by Gasteiger charge is -2.19. The SMILES string of the molecule is O=C1c2ccccc2/C(=C\c2ccccc2)N1Cc1ccc(Cl)cc1. The van der Waals surface area contributed by atoms with Crippen molar-refractivity contribution in [2.75, 3.05) is 0 Å². The van der Waals surface area contributed by atoms with E-state index in [1.165, 1.54) is 0 Å². The number of carbonyl (C=O) groups excluding carboxylic acids is 1. The maximum Gasteiger partial charge on any atom is 0.259 e. The van der Waals surface area contributed by atoms with Crippen LogP contribution in [0.4, 0.5) is 0 Å². The van der Waals surface area contributed by atoms with E-state index in [2.05, 4.69) is 6.08 Å². The molecule has 25 heavy (non-hydrogen) atoms. The Kier molecular flexibility index (Phi) is 4.12. The quantitative estimate of drug-likeness (QED) is 0.614. The third-order valence-corrected chi connectivity index (χ3v) is 4.58. The number of hydrogen-bond acceptors (Lipinski definition) is 1. The lowest BCUT2D eigenvalue weighted by molar-refractivity contribution is 0.0843. The Morgan fingerprint density at radius 2 is 1.44 bits per heavy atom. The van der Waals surface area contributed by atoms with Crippen LogP contribution in [0.3, 0.4) is 0 Å². The van der Waals surface area contributed by atoms with Crippen LogP contribution in [0.15, 0.2) is 78.9 Å². The highest BCUT2D eigenvalue weighted by Gasteiger charge is 2.31. The molecule has 3 heteroatoms. The van der Waals surface area contributed by atoms with Gasteiger partial charge in [0, 0.05) is 16.1 Å². The monoisotopic (exact) mass is 345 g/mol. The van der Waals surface area contributed by atoms with Crippen LogP contribution in [-0.4, -0.2) is 10.8 Å². The Labute approximate surface area is 152 Å². The van der Waals surface area contributed by atoms with Gasteiger partial charge in [-0.3, -0.25) is 4.79 Å². The van der Waals surface area contributed by atoms with E-state index in [1.807, 2.05) is 83.8 Å². The second kappa shape index (κ2) is 6.58. The molecular formula is C22H16ClNO. The molecule has 1 amide bonds. The summed E-state index contributed by atoms with van der Waals surface area (Å²) >= 11 is 5.97. The van der Waals surface area contributed by atoms with Crippen molar-refractivity contribution in [3.63, 3.8) is 0 Å². The average molecular weight is 346 g/mol. The topological polar surface area (TPSA) is 20.3 Å². The summed E-state index contributed by atoms with van der Waals surface area (Å²) in [5.41, 5.74) is 4.78. The predicted molar refractivity (Wildman–Crippen MR) is 102 cm³/mol. The molecule has 1 aliphatic heterocycles. The Morgan fingerprint density at radius 1 is 0.800 bits per heavy atom. The number of nitrogens with zero attached hydrogens (tertiary/aromatic N) is 1. The number of rotatable bonds is 3. The van der Waals surface area contributed by atoms with Crippen molar-refractivity contribution in [2.24, 2.45) is 0 Å². The third kappa shape index (κ3) is 3.09. The predicted octanol–water partition coefficient (Wildman–Crippen LogP) is 5.49. The van der Waals surface area contributed by atoms with Crippen LogP contribution in [0.25, 0.3) is 11.8 Å². The van der Waals surface area contributed by atoms with Crippen LogP contribution < -0.4 is 0 Å². The van der Waals surface area contributed by atoms with E-state index >= 15 is 0 Å². The summed E-state index contributed by atoms with van der Waals surface area (Å²) in [6.07, 6.45) is 2.07. The highest BCUT2D eigenvalue weighted by atomic mass is 35.5. The highest BCUT2D eigenvalue weighted by Crippen LogP contribution is 2.35. The van der Waals surface area contributed by atoms with Crippen molar-refractivity contribution in [1.29, 1.82) is 0 Å². The molecule has 3 aromatic rings. The van der Waals surface area contributed by atoms with E-state index in [0.717, 1.165) is 28.0 Å². The second-order valence-electron chi connectivity index (χ2n) is 6.00. The summed E-state index contributed by atoms with van der Waals surface area (Å²) in [5, 5.41) is 0.694. The van der Waals surface area contributed by atoms with Crippen molar-refractivity contribution in [1.82, 2.24) is 4.90 Å². The molecular weight excluding hydrogens is 330 g/mol. The van der Waals surface area contributed by atoms with Gasteiger partial charge in [0.1, 0.15) is 0 Å². The van der Waals surface area contributed by atoms with Gasteiger partial charge in [0.15, 0.2) is 0 Å². The van der Waals surface area contributed by atoms with Gasteiger partial charge >= 0.3 is 0 Å². The van der Waals surface area contributed by atoms with Gasteiger partial charge in [-0.05, 0) is 35.4 Å². The van der Waals surface area contributed by atoms with Crippen molar-refractivity contribution in [2.45, 2.75) is 6.54 Å². The first-order chi connectivity index (χ1) is 12.2. The standard InChI is InChI=1S/C22H16ClNO/c23-18-12-10-17(11-13-18)15-24-21(14-16-6-2-1-3-7-16)19-8-4-5-9-20(19)22(24)25/h1-14H,15H2/b21-14+. The summed E-state index contributed by atoms with van der Waals surface area (Å²) in [6.45, 7) is 0.517. The van der Waals surface area contributed by atoms with Gasteiger partial charge < -0.3 is 4.90 Å². The molecule has 0 atom stereocenters. The Bertz CT molecular complexity index is 945. The number of halogens is 1. The van der Waals surface area contributed by atoms with Crippen LogP contribution in [0.2, 0.25) is 5.02 Å². The molecule has 1 aliphatic rings. The molecule has 0 radical (unpaired) electrons. The number of carbonyl (C=O) groups is 1. The lowest BCUT2D eigenvalue weighted by Crippen LogP contribution is -2.22. The smallest absolute Gasteiger partial charge is 0.259 e. The Morgan fingerprint density at radius 3 is 2.16 bits per heavy atom. The molecule has 0 unspecified atom stereocenters. The van der Waals surface area contributed by atoms with E-state index in [1.54, 1.807) is 0 Å². The van der Waals surface area contributed by atoms with Crippen molar-refractivity contribution < 1.29 is 4.79 Å². The first-order valence-electron chi connectivity index (χ1n) is 8.15. The molecule has 122 valence electrons. The van der Waals surface area contributed by atoms with Crippen LogP contribution in [0.1, 0.15) is 27.0 Å². The van der Waals surface area contributed by atoms with Crippen LogP contribution in [-0.2, 0) is 6.54 Å². The number of amides is 1. The molecule has 4 rings (SSSR count). The fraction of sp³-hybridized carbons (Fsp3) is 0.0455. The van der Waals surface area contributed by atoms with Crippen LogP contribution >= 0.6 is 11.6 Å². The number of benzene rings is 3. The molecule has 0 spiro atoms. The molecule has 0 aliphatic carbocycles. The molecule has 0 N–H and O–H groups in total. The maximum absolute atomic E-state index is 12.9.